The van der Waals surface area contributed by atoms with Gasteiger partial charge in [-0.1, -0.05) is 12.1 Å². The number of carbonyl (C=O) groups excluding carboxylic acids is 3. The van der Waals surface area contributed by atoms with Crippen LogP contribution in [0, 0.1) is 0 Å². The van der Waals surface area contributed by atoms with Crippen LogP contribution < -0.4 is 9.64 Å². The Morgan fingerprint density at radius 2 is 1.85 bits per heavy atom. The summed E-state index contributed by atoms with van der Waals surface area (Å²) in [6.45, 7) is -0.587. The molecule has 0 saturated carbocycles. The second-order valence-corrected chi connectivity index (χ2v) is 6.57. The average molecular weight is 371 g/mol. The monoisotopic (exact) mass is 371 g/mol. The molecule has 2 aromatic rings. The maximum absolute atomic E-state index is 12.1. The van der Waals surface area contributed by atoms with E-state index in [0.29, 0.717) is 17.0 Å². The fourth-order valence-electron chi connectivity index (χ4n) is 2.51. The molecular weight excluding hydrogens is 354 g/mol. The number of hydrogen-bond acceptors (Lipinski definition) is 6. The van der Waals surface area contributed by atoms with E-state index in [4.69, 9.17) is 9.47 Å². The van der Waals surface area contributed by atoms with E-state index in [1.54, 1.807) is 30.3 Å². The van der Waals surface area contributed by atoms with Crippen molar-refractivity contribution in [2.45, 2.75) is 4.90 Å². The zero-order valence-electron chi connectivity index (χ0n) is 14.1. The van der Waals surface area contributed by atoms with E-state index < -0.39 is 5.97 Å². The number of amides is 1. The fourth-order valence-corrected chi connectivity index (χ4v) is 3.44. The summed E-state index contributed by atoms with van der Waals surface area (Å²) < 4.78 is 10.1. The molecule has 26 heavy (non-hydrogen) atoms. The summed E-state index contributed by atoms with van der Waals surface area (Å²) in [4.78, 5) is 38.7. The summed E-state index contributed by atoms with van der Waals surface area (Å²) >= 11 is 1.44. The van der Waals surface area contributed by atoms with Gasteiger partial charge in [-0.3, -0.25) is 19.3 Å². The first-order valence-electron chi connectivity index (χ1n) is 7.93. The standard InChI is InChI=1S/C19H17NO5S/c1-24-14-8-6-13(7-9-14)16(21)11-25-19(23)10-20-15-4-2-3-5-17(15)26-12-18(20)22/h2-9H,10-12H2,1H3. The van der Waals surface area contributed by atoms with Crippen LogP contribution in [0.4, 0.5) is 5.69 Å². The zero-order valence-corrected chi connectivity index (χ0v) is 15.0. The lowest BCUT2D eigenvalue weighted by Gasteiger charge is -2.27. The minimum atomic E-state index is -0.623. The van der Waals surface area contributed by atoms with Crippen molar-refractivity contribution in [2.75, 3.05) is 30.9 Å². The number of ether oxygens (including phenoxy) is 2. The van der Waals surface area contributed by atoms with Gasteiger partial charge in [0.1, 0.15) is 12.3 Å². The molecule has 0 radical (unpaired) electrons. The smallest absolute Gasteiger partial charge is 0.326 e. The van der Waals surface area contributed by atoms with Crippen LogP contribution in [-0.2, 0) is 14.3 Å². The van der Waals surface area contributed by atoms with Crippen LogP contribution in [-0.4, -0.2) is 43.7 Å². The predicted molar refractivity (Wildman–Crippen MR) is 97.8 cm³/mol. The number of Topliss-reactive ketones (excluding diaryl/α,β-unsaturated/α-hetero) is 1. The molecule has 0 fully saturated rings. The number of methoxy groups -OCH3 is 1. The van der Waals surface area contributed by atoms with Crippen molar-refractivity contribution in [1.82, 2.24) is 0 Å². The molecule has 0 N–H and O–H groups in total. The molecule has 2 aromatic carbocycles. The van der Waals surface area contributed by atoms with E-state index in [1.807, 2.05) is 18.2 Å². The largest absolute Gasteiger partial charge is 0.497 e. The Labute approximate surface area is 155 Å². The van der Waals surface area contributed by atoms with E-state index in [-0.39, 0.29) is 30.6 Å². The van der Waals surface area contributed by atoms with E-state index in [2.05, 4.69) is 0 Å². The third-order valence-corrected chi connectivity index (χ3v) is 4.92. The zero-order chi connectivity index (χ0) is 18.5. The normalized spacial score (nSPS) is 13.1. The van der Waals surface area contributed by atoms with Gasteiger partial charge in [-0.25, -0.2) is 0 Å². The van der Waals surface area contributed by atoms with Gasteiger partial charge in [0.25, 0.3) is 0 Å². The number of nitrogens with zero attached hydrogens (tertiary/aromatic N) is 1. The molecule has 1 aliphatic heterocycles. The maximum Gasteiger partial charge on any atom is 0.326 e. The summed E-state index contributed by atoms with van der Waals surface area (Å²) in [5, 5.41) is 0. The summed E-state index contributed by atoms with van der Waals surface area (Å²) in [7, 11) is 1.54. The number of para-hydroxylation sites is 1. The van der Waals surface area contributed by atoms with Crippen LogP contribution in [0.5, 0.6) is 5.75 Å². The van der Waals surface area contributed by atoms with E-state index in [0.717, 1.165) is 4.90 Å². The SMILES string of the molecule is COc1ccc(C(=O)COC(=O)CN2C(=O)CSc3ccccc32)cc1. The molecule has 0 aromatic heterocycles. The van der Waals surface area contributed by atoms with Gasteiger partial charge in [-0.2, -0.15) is 0 Å². The summed E-state index contributed by atoms with van der Waals surface area (Å²) in [5.74, 6) is -0.190. The van der Waals surface area contributed by atoms with Crippen LogP contribution in [0.1, 0.15) is 10.4 Å². The number of benzene rings is 2. The number of esters is 1. The lowest BCUT2D eigenvalue weighted by atomic mass is 10.1. The third-order valence-electron chi connectivity index (χ3n) is 3.87. The van der Waals surface area contributed by atoms with Gasteiger partial charge >= 0.3 is 5.97 Å². The third kappa shape index (κ3) is 4.05. The fraction of sp³-hybridized carbons (Fsp3) is 0.211. The number of fused-ring (bicyclic) bond motifs is 1. The molecule has 1 heterocycles. The Hall–Kier alpha value is -2.80. The first kappa shape index (κ1) is 18.0. The van der Waals surface area contributed by atoms with Gasteiger partial charge < -0.3 is 9.47 Å². The van der Waals surface area contributed by atoms with E-state index >= 15 is 0 Å². The minimum Gasteiger partial charge on any atom is -0.497 e. The lowest BCUT2D eigenvalue weighted by Crippen LogP contribution is -2.40. The first-order valence-corrected chi connectivity index (χ1v) is 8.92. The number of carbonyl (C=O) groups is 3. The second-order valence-electron chi connectivity index (χ2n) is 5.55. The van der Waals surface area contributed by atoms with Gasteiger partial charge in [-0.05, 0) is 36.4 Å². The highest BCUT2D eigenvalue weighted by Crippen LogP contribution is 2.34. The molecule has 0 unspecified atom stereocenters. The van der Waals surface area contributed by atoms with Crippen LogP contribution >= 0.6 is 11.8 Å². The Morgan fingerprint density at radius 1 is 1.12 bits per heavy atom. The number of thioether (sulfide) groups is 1. The van der Waals surface area contributed by atoms with Crippen LogP contribution in [0.3, 0.4) is 0 Å². The van der Waals surface area contributed by atoms with Crippen molar-refractivity contribution in [3.05, 3.63) is 54.1 Å². The number of hydrogen-bond donors (Lipinski definition) is 0. The van der Waals surface area contributed by atoms with E-state index in [9.17, 15) is 14.4 Å². The Kier molecular flexibility index (Phi) is 5.58. The Morgan fingerprint density at radius 3 is 2.58 bits per heavy atom. The van der Waals surface area contributed by atoms with Gasteiger partial charge in [0.15, 0.2) is 12.4 Å². The molecule has 3 rings (SSSR count). The maximum atomic E-state index is 12.1. The summed E-state index contributed by atoms with van der Waals surface area (Å²) in [5.41, 5.74) is 1.11. The van der Waals surface area contributed by atoms with Crippen molar-refractivity contribution in [3.8, 4) is 5.75 Å². The lowest BCUT2D eigenvalue weighted by molar-refractivity contribution is -0.141. The predicted octanol–water partition coefficient (Wildman–Crippen LogP) is 2.56. The quantitative estimate of drug-likeness (QED) is 0.574. The van der Waals surface area contributed by atoms with Crippen molar-refractivity contribution in [1.29, 1.82) is 0 Å². The molecule has 0 aliphatic carbocycles. The average Bonchev–Trinajstić information content (AvgIpc) is 2.68. The molecule has 0 spiro atoms. The molecule has 6 nitrogen and oxygen atoms in total. The van der Waals surface area contributed by atoms with Crippen LogP contribution in [0.15, 0.2) is 53.4 Å². The van der Waals surface area contributed by atoms with Gasteiger partial charge in [-0.15, -0.1) is 11.8 Å². The molecule has 0 atom stereocenters. The number of ketones is 1. The molecular formula is C19H17NO5S. The van der Waals surface area contributed by atoms with Gasteiger partial charge in [0, 0.05) is 10.5 Å². The highest BCUT2D eigenvalue weighted by molar-refractivity contribution is 8.00. The Balaban J connectivity index is 1.59. The molecule has 7 heteroatoms. The second kappa shape index (κ2) is 8.05. The summed E-state index contributed by atoms with van der Waals surface area (Å²) in [6.07, 6.45) is 0. The molecule has 134 valence electrons. The van der Waals surface area contributed by atoms with Crippen molar-refractivity contribution < 1.29 is 23.9 Å². The van der Waals surface area contributed by atoms with Gasteiger partial charge in [0.05, 0.1) is 18.6 Å². The molecule has 1 aliphatic rings. The number of anilines is 1. The Bertz CT molecular complexity index is 834. The van der Waals surface area contributed by atoms with Crippen molar-refractivity contribution in [2.24, 2.45) is 0 Å². The molecule has 1 amide bonds. The van der Waals surface area contributed by atoms with Gasteiger partial charge in [0.2, 0.25) is 5.91 Å². The minimum absolute atomic E-state index is 0.160. The van der Waals surface area contributed by atoms with Crippen molar-refractivity contribution >= 4 is 35.1 Å². The number of rotatable bonds is 6. The highest BCUT2D eigenvalue weighted by Gasteiger charge is 2.27. The highest BCUT2D eigenvalue weighted by atomic mass is 32.2. The van der Waals surface area contributed by atoms with E-state index in [1.165, 1.54) is 23.8 Å². The first-order chi connectivity index (χ1) is 12.6. The topological polar surface area (TPSA) is 72.9 Å². The molecule has 0 saturated heterocycles. The molecule has 0 bridgehead atoms. The van der Waals surface area contributed by atoms with Crippen LogP contribution in [0.25, 0.3) is 0 Å². The van der Waals surface area contributed by atoms with Crippen molar-refractivity contribution in [3.63, 3.8) is 0 Å². The van der Waals surface area contributed by atoms with Crippen LogP contribution in [0.2, 0.25) is 0 Å². The summed E-state index contributed by atoms with van der Waals surface area (Å²) in [6, 6.07) is 13.9.